The third kappa shape index (κ3) is 3.29. The first kappa shape index (κ1) is 13.5. The average Bonchev–Trinajstić information content (AvgIpc) is 2.79. The Labute approximate surface area is 117 Å². The summed E-state index contributed by atoms with van der Waals surface area (Å²) < 4.78 is 8.03. The normalized spacial score (nSPS) is 11.0. The SMILES string of the molecule is CCCCOc1ccc2c(ccn2CCCBr)c1. The lowest BCUT2D eigenvalue weighted by atomic mass is 10.2. The van der Waals surface area contributed by atoms with Crippen LogP contribution in [0.2, 0.25) is 0 Å². The summed E-state index contributed by atoms with van der Waals surface area (Å²) in [4.78, 5) is 0. The Morgan fingerprint density at radius 1 is 1.22 bits per heavy atom. The molecule has 0 aliphatic heterocycles. The van der Waals surface area contributed by atoms with E-state index in [-0.39, 0.29) is 0 Å². The monoisotopic (exact) mass is 309 g/mol. The largest absolute Gasteiger partial charge is 0.494 e. The van der Waals surface area contributed by atoms with Crippen LogP contribution in [0, 0.1) is 0 Å². The van der Waals surface area contributed by atoms with E-state index in [1.165, 1.54) is 17.3 Å². The van der Waals surface area contributed by atoms with Crippen molar-refractivity contribution in [1.82, 2.24) is 4.57 Å². The molecule has 0 saturated heterocycles. The van der Waals surface area contributed by atoms with Crippen molar-refractivity contribution < 1.29 is 4.74 Å². The predicted octanol–water partition coefficient (Wildman–Crippen LogP) is 4.61. The second-order valence-electron chi connectivity index (χ2n) is 4.47. The van der Waals surface area contributed by atoms with Gasteiger partial charge in [-0.1, -0.05) is 29.3 Å². The van der Waals surface area contributed by atoms with Gasteiger partial charge in [-0.05, 0) is 37.1 Å². The summed E-state index contributed by atoms with van der Waals surface area (Å²) in [6.07, 6.45) is 5.59. The predicted molar refractivity (Wildman–Crippen MR) is 80.8 cm³/mol. The molecule has 0 bridgehead atoms. The molecule has 0 saturated carbocycles. The maximum atomic E-state index is 5.73. The van der Waals surface area contributed by atoms with Crippen molar-refractivity contribution in [3.05, 3.63) is 30.5 Å². The summed E-state index contributed by atoms with van der Waals surface area (Å²) in [6.45, 7) is 4.05. The fraction of sp³-hybridized carbons (Fsp3) is 0.467. The van der Waals surface area contributed by atoms with Gasteiger partial charge in [-0.3, -0.25) is 0 Å². The molecule has 0 unspecified atom stereocenters. The van der Waals surface area contributed by atoms with E-state index in [1.54, 1.807) is 0 Å². The smallest absolute Gasteiger partial charge is 0.120 e. The Balaban J connectivity index is 2.10. The summed E-state index contributed by atoms with van der Waals surface area (Å²) in [5.41, 5.74) is 1.29. The van der Waals surface area contributed by atoms with Crippen LogP contribution in [0.4, 0.5) is 0 Å². The van der Waals surface area contributed by atoms with Gasteiger partial charge in [-0.25, -0.2) is 0 Å². The molecule has 1 heterocycles. The number of aryl methyl sites for hydroxylation is 1. The Morgan fingerprint density at radius 2 is 2.11 bits per heavy atom. The van der Waals surface area contributed by atoms with E-state index in [4.69, 9.17) is 4.74 Å². The number of benzene rings is 1. The number of halogens is 1. The van der Waals surface area contributed by atoms with E-state index in [2.05, 4.69) is 57.9 Å². The van der Waals surface area contributed by atoms with E-state index in [0.717, 1.165) is 37.1 Å². The number of hydrogen-bond acceptors (Lipinski definition) is 1. The third-order valence-corrected chi connectivity index (χ3v) is 3.60. The first-order chi connectivity index (χ1) is 8.85. The molecule has 0 amide bonds. The zero-order valence-electron chi connectivity index (χ0n) is 10.9. The highest BCUT2D eigenvalue weighted by atomic mass is 79.9. The molecule has 98 valence electrons. The van der Waals surface area contributed by atoms with Crippen LogP contribution in [-0.4, -0.2) is 16.5 Å². The minimum Gasteiger partial charge on any atom is -0.494 e. The molecular formula is C15H20BrNO. The fourth-order valence-corrected chi connectivity index (χ4v) is 2.28. The van der Waals surface area contributed by atoms with Gasteiger partial charge in [0.25, 0.3) is 0 Å². The number of unbranched alkanes of at least 4 members (excludes halogenated alkanes) is 1. The molecule has 0 spiro atoms. The van der Waals surface area contributed by atoms with Gasteiger partial charge in [0.05, 0.1) is 6.61 Å². The van der Waals surface area contributed by atoms with Gasteiger partial charge >= 0.3 is 0 Å². The van der Waals surface area contributed by atoms with Gasteiger partial charge in [-0.15, -0.1) is 0 Å². The highest BCUT2D eigenvalue weighted by molar-refractivity contribution is 9.09. The third-order valence-electron chi connectivity index (χ3n) is 3.04. The van der Waals surface area contributed by atoms with Crippen molar-refractivity contribution in [1.29, 1.82) is 0 Å². The van der Waals surface area contributed by atoms with Crippen molar-refractivity contribution in [2.24, 2.45) is 0 Å². The van der Waals surface area contributed by atoms with Gasteiger partial charge in [0.1, 0.15) is 5.75 Å². The lowest BCUT2D eigenvalue weighted by Gasteiger charge is -2.07. The van der Waals surface area contributed by atoms with E-state index in [1.807, 2.05) is 0 Å². The standard InChI is InChI=1S/C15H20BrNO/c1-2-3-11-18-14-5-6-15-13(12-14)7-10-17(15)9-4-8-16/h5-7,10,12H,2-4,8-9,11H2,1H3. The Kier molecular flexibility index (Phi) is 5.12. The number of fused-ring (bicyclic) bond motifs is 1. The summed E-state index contributed by atoms with van der Waals surface area (Å²) >= 11 is 3.47. The fourth-order valence-electron chi connectivity index (χ4n) is 2.03. The topological polar surface area (TPSA) is 14.2 Å². The molecule has 0 aliphatic rings. The van der Waals surface area contributed by atoms with Crippen LogP contribution in [-0.2, 0) is 6.54 Å². The first-order valence-electron chi connectivity index (χ1n) is 6.63. The highest BCUT2D eigenvalue weighted by Crippen LogP contribution is 2.22. The molecule has 0 radical (unpaired) electrons. The quantitative estimate of drug-likeness (QED) is 0.538. The Bertz CT molecular complexity index is 492. The second-order valence-corrected chi connectivity index (χ2v) is 5.27. The Hall–Kier alpha value is -0.960. The summed E-state index contributed by atoms with van der Waals surface area (Å²) in [5.74, 6) is 0.981. The average molecular weight is 310 g/mol. The molecule has 18 heavy (non-hydrogen) atoms. The van der Waals surface area contributed by atoms with Crippen molar-refractivity contribution in [2.75, 3.05) is 11.9 Å². The number of rotatable bonds is 7. The zero-order valence-corrected chi connectivity index (χ0v) is 12.4. The molecule has 0 atom stereocenters. The molecule has 1 aromatic carbocycles. The zero-order chi connectivity index (χ0) is 12.8. The van der Waals surface area contributed by atoms with Crippen LogP contribution in [0.25, 0.3) is 10.9 Å². The van der Waals surface area contributed by atoms with Crippen molar-refractivity contribution in [2.45, 2.75) is 32.7 Å². The van der Waals surface area contributed by atoms with Crippen LogP contribution in [0.15, 0.2) is 30.5 Å². The molecule has 0 aliphatic carbocycles. The van der Waals surface area contributed by atoms with Crippen LogP contribution >= 0.6 is 15.9 Å². The molecule has 2 rings (SSSR count). The van der Waals surface area contributed by atoms with E-state index < -0.39 is 0 Å². The van der Waals surface area contributed by atoms with Gasteiger partial charge < -0.3 is 9.30 Å². The number of alkyl halides is 1. The van der Waals surface area contributed by atoms with E-state index >= 15 is 0 Å². The molecular weight excluding hydrogens is 290 g/mol. The maximum absolute atomic E-state index is 5.73. The second kappa shape index (κ2) is 6.83. The van der Waals surface area contributed by atoms with Gasteiger partial charge in [0.2, 0.25) is 0 Å². The molecule has 0 fully saturated rings. The minimum atomic E-state index is 0.812. The molecule has 3 heteroatoms. The van der Waals surface area contributed by atoms with Crippen molar-refractivity contribution in [3.8, 4) is 5.75 Å². The molecule has 0 N–H and O–H groups in total. The van der Waals surface area contributed by atoms with Crippen LogP contribution in [0.3, 0.4) is 0 Å². The summed E-state index contributed by atoms with van der Waals surface area (Å²) in [5, 5.41) is 2.31. The van der Waals surface area contributed by atoms with E-state index in [9.17, 15) is 0 Å². The molecule has 1 aromatic heterocycles. The van der Waals surface area contributed by atoms with E-state index in [0.29, 0.717) is 0 Å². The van der Waals surface area contributed by atoms with Gasteiger partial charge in [-0.2, -0.15) is 0 Å². The van der Waals surface area contributed by atoms with Crippen molar-refractivity contribution in [3.63, 3.8) is 0 Å². The van der Waals surface area contributed by atoms with Crippen molar-refractivity contribution >= 4 is 26.8 Å². The molecule has 2 aromatic rings. The summed E-state index contributed by atoms with van der Waals surface area (Å²) in [6, 6.07) is 8.53. The van der Waals surface area contributed by atoms with Gasteiger partial charge in [0, 0.05) is 29.0 Å². The molecule has 2 nitrogen and oxygen atoms in total. The summed E-state index contributed by atoms with van der Waals surface area (Å²) in [7, 11) is 0. The number of ether oxygens (including phenoxy) is 1. The van der Waals surface area contributed by atoms with Crippen LogP contribution in [0.5, 0.6) is 5.75 Å². The van der Waals surface area contributed by atoms with Gasteiger partial charge in [0.15, 0.2) is 0 Å². The highest BCUT2D eigenvalue weighted by Gasteiger charge is 2.02. The number of aromatic nitrogens is 1. The Morgan fingerprint density at radius 3 is 2.89 bits per heavy atom. The van der Waals surface area contributed by atoms with Crippen LogP contribution < -0.4 is 4.74 Å². The lowest BCUT2D eigenvalue weighted by Crippen LogP contribution is -1.97. The number of hydrogen-bond donors (Lipinski definition) is 0. The maximum Gasteiger partial charge on any atom is 0.120 e. The minimum absolute atomic E-state index is 0.812. The lowest BCUT2D eigenvalue weighted by molar-refractivity contribution is 0.310. The van der Waals surface area contributed by atoms with Crippen LogP contribution in [0.1, 0.15) is 26.2 Å². The number of nitrogens with zero attached hydrogens (tertiary/aromatic N) is 1. The first-order valence-corrected chi connectivity index (χ1v) is 7.75.